The number of pyridine rings is 2. The molecule has 3 heterocycles. The van der Waals surface area contributed by atoms with E-state index in [1.807, 2.05) is 49.4 Å². The molecule has 0 aliphatic rings. The summed E-state index contributed by atoms with van der Waals surface area (Å²) in [5, 5.41) is 4.84. The summed E-state index contributed by atoms with van der Waals surface area (Å²) in [7, 11) is 0. The van der Waals surface area contributed by atoms with Crippen LogP contribution in [0.3, 0.4) is 0 Å². The summed E-state index contributed by atoms with van der Waals surface area (Å²) in [6.07, 6.45) is 3.50. The summed E-state index contributed by atoms with van der Waals surface area (Å²) in [6.45, 7) is 1.94. The summed E-state index contributed by atoms with van der Waals surface area (Å²) in [6, 6.07) is 13.1. The predicted octanol–water partition coefficient (Wildman–Crippen LogP) is 5.18. The molecule has 0 aliphatic heterocycles. The summed E-state index contributed by atoms with van der Waals surface area (Å²) in [5.41, 5.74) is 10.9. The Morgan fingerprint density at radius 1 is 1.04 bits per heavy atom. The second-order valence-electron chi connectivity index (χ2n) is 5.70. The third-order valence-corrected chi connectivity index (χ3v) is 4.17. The van der Waals surface area contributed by atoms with E-state index in [2.05, 4.69) is 15.3 Å². The molecule has 0 atom stereocenters. The number of aryl methyl sites for hydroxylation is 1. The number of hydrogen-bond acceptors (Lipinski definition) is 5. The number of furan rings is 1. The molecule has 5 nitrogen and oxygen atoms in total. The summed E-state index contributed by atoms with van der Waals surface area (Å²) < 4.78 is 5.83. The number of aromatic nitrogens is 2. The van der Waals surface area contributed by atoms with Gasteiger partial charge in [0.05, 0.1) is 5.39 Å². The van der Waals surface area contributed by atoms with E-state index >= 15 is 0 Å². The van der Waals surface area contributed by atoms with Crippen molar-refractivity contribution in [1.29, 1.82) is 0 Å². The second-order valence-corrected chi connectivity index (χ2v) is 6.13. The minimum Gasteiger partial charge on any atom is -0.436 e. The molecule has 0 bridgehead atoms. The maximum atomic E-state index is 6.11. The van der Waals surface area contributed by atoms with Crippen LogP contribution in [0.4, 0.5) is 17.3 Å². The van der Waals surface area contributed by atoms with Gasteiger partial charge in [0.1, 0.15) is 11.4 Å². The fourth-order valence-corrected chi connectivity index (χ4v) is 2.87. The topological polar surface area (TPSA) is 77.0 Å². The first-order valence-corrected chi connectivity index (χ1v) is 8.12. The molecule has 3 N–H and O–H groups in total. The Labute approximate surface area is 149 Å². The van der Waals surface area contributed by atoms with Gasteiger partial charge in [-0.3, -0.25) is 9.97 Å². The first kappa shape index (κ1) is 15.5. The lowest BCUT2D eigenvalue weighted by atomic mass is 10.1. The number of nitrogens with one attached hydrogen (secondary N) is 1. The van der Waals surface area contributed by atoms with Crippen molar-refractivity contribution < 1.29 is 4.42 Å². The molecule has 0 radical (unpaired) electrons. The number of nitrogen functional groups attached to an aromatic ring is 1. The SMILES string of the molecule is Cc1cc(-c2nccc3c(Nc4ccc(Cl)cc4)c(N)oc23)ccn1. The number of hydrogen-bond donors (Lipinski definition) is 2. The Morgan fingerprint density at radius 3 is 2.56 bits per heavy atom. The summed E-state index contributed by atoms with van der Waals surface area (Å²) in [5.74, 6) is 0.310. The Morgan fingerprint density at radius 2 is 1.80 bits per heavy atom. The number of halogens is 1. The van der Waals surface area contributed by atoms with Gasteiger partial charge in [0.15, 0.2) is 5.58 Å². The molecule has 3 aromatic heterocycles. The van der Waals surface area contributed by atoms with E-state index in [0.29, 0.717) is 22.2 Å². The van der Waals surface area contributed by atoms with E-state index in [1.165, 1.54) is 0 Å². The summed E-state index contributed by atoms with van der Waals surface area (Å²) in [4.78, 5) is 8.69. The molecule has 0 amide bonds. The predicted molar refractivity (Wildman–Crippen MR) is 101 cm³/mol. The van der Waals surface area contributed by atoms with Gasteiger partial charge in [0.2, 0.25) is 5.88 Å². The third kappa shape index (κ3) is 2.90. The number of benzene rings is 1. The molecule has 0 aliphatic carbocycles. The molecule has 4 aromatic rings. The van der Waals surface area contributed by atoms with Gasteiger partial charge in [-0.25, -0.2) is 0 Å². The van der Waals surface area contributed by atoms with Crippen molar-refractivity contribution in [3.63, 3.8) is 0 Å². The van der Waals surface area contributed by atoms with E-state index < -0.39 is 0 Å². The highest BCUT2D eigenvalue weighted by Crippen LogP contribution is 2.39. The molecule has 0 spiro atoms. The minimum atomic E-state index is 0.310. The molecule has 4 rings (SSSR count). The molecule has 0 fully saturated rings. The third-order valence-electron chi connectivity index (χ3n) is 3.92. The molecule has 25 heavy (non-hydrogen) atoms. The molecule has 0 saturated heterocycles. The molecule has 124 valence electrons. The molecular formula is C19H15ClN4O. The van der Waals surface area contributed by atoms with Crippen LogP contribution in [-0.4, -0.2) is 9.97 Å². The van der Waals surface area contributed by atoms with Crippen molar-refractivity contribution in [3.05, 3.63) is 65.6 Å². The normalized spacial score (nSPS) is 11.0. The van der Waals surface area contributed by atoms with Crippen molar-refractivity contribution in [2.24, 2.45) is 0 Å². The van der Waals surface area contributed by atoms with Gasteiger partial charge >= 0.3 is 0 Å². The van der Waals surface area contributed by atoms with E-state index in [0.717, 1.165) is 28.0 Å². The van der Waals surface area contributed by atoms with E-state index in [-0.39, 0.29) is 0 Å². The fraction of sp³-hybridized carbons (Fsp3) is 0.0526. The van der Waals surface area contributed by atoms with Crippen LogP contribution >= 0.6 is 11.6 Å². The molecule has 6 heteroatoms. The second kappa shape index (κ2) is 6.11. The largest absolute Gasteiger partial charge is 0.436 e. The molecular weight excluding hydrogens is 336 g/mol. The number of nitrogens with zero attached hydrogens (tertiary/aromatic N) is 2. The van der Waals surface area contributed by atoms with Crippen molar-refractivity contribution >= 4 is 39.8 Å². The number of nitrogens with two attached hydrogens (primary N) is 1. The van der Waals surface area contributed by atoms with Gasteiger partial charge in [-0.15, -0.1) is 0 Å². The average molecular weight is 351 g/mol. The Hall–Kier alpha value is -3.05. The Kier molecular flexibility index (Phi) is 3.78. The standard InChI is InChI=1S/C19H15ClN4O/c1-11-10-12(6-8-22-11)16-18-15(7-9-23-16)17(19(21)25-18)24-14-4-2-13(20)3-5-14/h2-10,24H,21H2,1H3. The highest BCUT2D eigenvalue weighted by molar-refractivity contribution is 6.30. The zero-order chi connectivity index (χ0) is 17.4. The van der Waals surface area contributed by atoms with E-state index in [9.17, 15) is 0 Å². The first-order valence-electron chi connectivity index (χ1n) is 7.74. The Bertz CT molecular complexity index is 1060. The van der Waals surface area contributed by atoms with Gasteiger partial charge in [-0.05, 0) is 49.4 Å². The maximum absolute atomic E-state index is 6.11. The Balaban J connectivity index is 1.83. The first-order chi connectivity index (χ1) is 12.1. The van der Waals surface area contributed by atoms with Gasteiger partial charge in [0, 0.05) is 34.4 Å². The summed E-state index contributed by atoms with van der Waals surface area (Å²) >= 11 is 5.94. The monoisotopic (exact) mass is 350 g/mol. The van der Waals surface area contributed by atoms with Gasteiger partial charge in [-0.2, -0.15) is 0 Å². The fourth-order valence-electron chi connectivity index (χ4n) is 2.75. The quantitative estimate of drug-likeness (QED) is 0.532. The van der Waals surface area contributed by atoms with Crippen LogP contribution in [0.5, 0.6) is 0 Å². The van der Waals surface area contributed by atoms with Crippen molar-refractivity contribution in [1.82, 2.24) is 9.97 Å². The minimum absolute atomic E-state index is 0.310. The molecule has 1 aromatic carbocycles. The highest BCUT2D eigenvalue weighted by atomic mass is 35.5. The van der Waals surface area contributed by atoms with Crippen LogP contribution in [0.2, 0.25) is 5.02 Å². The average Bonchev–Trinajstić information content (AvgIpc) is 2.92. The maximum Gasteiger partial charge on any atom is 0.215 e. The van der Waals surface area contributed by atoms with Crippen LogP contribution in [0.15, 0.2) is 59.3 Å². The van der Waals surface area contributed by atoms with Crippen molar-refractivity contribution in [2.45, 2.75) is 6.92 Å². The van der Waals surface area contributed by atoms with E-state index in [4.69, 9.17) is 21.8 Å². The van der Waals surface area contributed by atoms with Crippen LogP contribution in [-0.2, 0) is 0 Å². The highest BCUT2D eigenvalue weighted by Gasteiger charge is 2.17. The smallest absolute Gasteiger partial charge is 0.215 e. The number of anilines is 3. The zero-order valence-corrected chi connectivity index (χ0v) is 14.2. The number of rotatable bonds is 3. The van der Waals surface area contributed by atoms with Gasteiger partial charge < -0.3 is 15.5 Å². The van der Waals surface area contributed by atoms with Crippen LogP contribution in [0.25, 0.3) is 22.2 Å². The van der Waals surface area contributed by atoms with Crippen molar-refractivity contribution in [2.75, 3.05) is 11.1 Å². The molecule has 0 saturated carbocycles. The zero-order valence-electron chi connectivity index (χ0n) is 13.5. The molecule has 0 unspecified atom stereocenters. The van der Waals surface area contributed by atoms with Gasteiger partial charge in [0.25, 0.3) is 0 Å². The van der Waals surface area contributed by atoms with E-state index in [1.54, 1.807) is 12.4 Å². The lowest BCUT2D eigenvalue weighted by molar-refractivity contribution is 0.638. The number of fused-ring (bicyclic) bond motifs is 1. The lowest BCUT2D eigenvalue weighted by Crippen LogP contribution is -1.93. The van der Waals surface area contributed by atoms with Crippen LogP contribution in [0, 0.1) is 6.92 Å². The van der Waals surface area contributed by atoms with Gasteiger partial charge in [-0.1, -0.05) is 11.6 Å². The lowest BCUT2D eigenvalue weighted by Gasteiger charge is -2.06. The van der Waals surface area contributed by atoms with Crippen molar-refractivity contribution in [3.8, 4) is 11.3 Å². The van der Waals surface area contributed by atoms with Crippen LogP contribution < -0.4 is 11.1 Å². The van der Waals surface area contributed by atoms with Crippen LogP contribution in [0.1, 0.15) is 5.69 Å².